The molecular formula is C14H23N3OS2. The minimum absolute atomic E-state index is 0.325. The second-order valence-corrected chi connectivity index (χ2v) is 6.97. The molecule has 2 rings (SSSR count). The Kier molecular flexibility index (Phi) is 5.35. The van der Waals surface area contributed by atoms with Crippen molar-refractivity contribution in [2.24, 2.45) is 0 Å². The Morgan fingerprint density at radius 1 is 1.45 bits per heavy atom. The molecule has 0 aliphatic heterocycles. The molecule has 0 aliphatic carbocycles. The van der Waals surface area contributed by atoms with Gasteiger partial charge in [0, 0.05) is 29.4 Å². The van der Waals surface area contributed by atoms with Crippen LogP contribution in [0.5, 0.6) is 5.88 Å². The quantitative estimate of drug-likeness (QED) is 0.810. The molecular weight excluding hydrogens is 290 g/mol. The molecule has 2 aromatic rings. The van der Waals surface area contributed by atoms with E-state index in [1.807, 2.05) is 18.0 Å². The summed E-state index contributed by atoms with van der Waals surface area (Å²) in [6.45, 7) is 6.31. The van der Waals surface area contributed by atoms with Gasteiger partial charge in [-0.15, -0.1) is 11.3 Å². The molecule has 0 atom stereocenters. The number of nitrogens with zero attached hydrogens (tertiary/aromatic N) is 2. The molecule has 2 heterocycles. The summed E-state index contributed by atoms with van der Waals surface area (Å²) in [4.78, 5) is 5.47. The van der Waals surface area contributed by atoms with Gasteiger partial charge in [0.25, 0.3) is 0 Å². The molecule has 0 bridgehead atoms. The third kappa shape index (κ3) is 2.97. The topological polar surface area (TPSA) is 38.6 Å². The Morgan fingerprint density at radius 3 is 2.80 bits per heavy atom. The van der Waals surface area contributed by atoms with Crippen LogP contribution >= 0.6 is 23.1 Å². The SMILES string of the molecule is CCC(CC)(CNCc1c(OC)nc2sccn12)SC. The summed E-state index contributed by atoms with van der Waals surface area (Å²) in [5.74, 6) is 0.729. The number of hydrogen-bond donors (Lipinski definition) is 1. The van der Waals surface area contributed by atoms with Crippen molar-refractivity contribution in [1.82, 2.24) is 14.7 Å². The summed E-state index contributed by atoms with van der Waals surface area (Å²) in [5, 5.41) is 5.63. The van der Waals surface area contributed by atoms with Crippen LogP contribution in [0.25, 0.3) is 4.96 Å². The summed E-state index contributed by atoms with van der Waals surface area (Å²) in [5.41, 5.74) is 1.10. The van der Waals surface area contributed by atoms with Gasteiger partial charge in [0.1, 0.15) is 5.69 Å². The van der Waals surface area contributed by atoms with E-state index in [1.165, 1.54) is 12.8 Å². The van der Waals surface area contributed by atoms with Crippen LogP contribution in [0.3, 0.4) is 0 Å². The van der Waals surface area contributed by atoms with Gasteiger partial charge in [-0.25, -0.2) is 0 Å². The molecule has 0 saturated heterocycles. The number of fused-ring (bicyclic) bond motifs is 1. The fourth-order valence-electron chi connectivity index (χ4n) is 2.41. The smallest absolute Gasteiger partial charge is 0.237 e. The Labute approximate surface area is 128 Å². The van der Waals surface area contributed by atoms with Crippen molar-refractivity contribution in [3.8, 4) is 5.88 Å². The number of nitrogens with one attached hydrogen (secondary N) is 1. The van der Waals surface area contributed by atoms with Gasteiger partial charge in [0.2, 0.25) is 5.88 Å². The maximum Gasteiger partial charge on any atom is 0.237 e. The first-order valence-corrected chi connectivity index (χ1v) is 9.04. The Morgan fingerprint density at radius 2 is 2.20 bits per heavy atom. The first-order chi connectivity index (χ1) is 9.69. The lowest BCUT2D eigenvalue weighted by atomic mass is 10.0. The van der Waals surface area contributed by atoms with Gasteiger partial charge in [0.15, 0.2) is 4.96 Å². The zero-order valence-corrected chi connectivity index (χ0v) is 14.2. The van der Waals surface area contributed by atoms with Crippen molar-refractivity contribution in [1.29, 1.82) is 0 Å². The molecule has 0 amide bonds. The largest absolute Gasteiger partial charge is 0.480 e. The van der Waals surface area contributed by atoms with Crippen LogP contribution in [0.1, 0.15) is 32.4 Å². The normalized spacial score (nSPS) is 12.2. The van der Waals surface area contributed by atoms with E-state index in [4.69, 9.17) is 4.74 Å². The lowest BCUT2D eigenvalue weighted by Gasteiger charge is -2.29. The monoisotopic (exact) mass is 313 g/mol. The zero-order valence-electron chi connectivity index (χ0n) is 12.6. The molecule has 0 saturated carbocycles. The average molecular weight is 313 g/mol. The van der Waals surface area contributed by atoms with E-state index < -0.39 is 0 Å². The third-order valence-electron chi connectivity index (χ3n) is 3.98. The van der Waals surface area contributed by atoms with Gasteiger partial charge in [-0.1, -0.05) is 13.8 Å². The van der Waals surface area contributed by atoms with Gasteiger partial charge < -0.3 is 10.1 Å². The number of ether oxygens (including phenoxy) is 1. The second kappa shape index (κ2) is 6.83. The zero-order chi connectivity index (χ0) is 14.6. The summed E-state index contributed by atoms with van der Waals surface area (Å²) in [6.07, 6.45) is 6.60. The molecule has 0 fully saturated rings. The van der Waals surface area contributed by atoms with Crippen molar-refractivity contribution < 1.29 is 4.74 Å². The maximum atomic E-state index is 5.38. The number of aromatic nitrogens is 2. The predicted molar refractivity (Wildman–Crippen MR) is 88.2 cm³/mol. The molecule has 0 aliphatic rings. The summed E-state index contributed by atoms with van der Waals surface area (Å²) in [6, 6.07) is 0. The fourth-order valence-corrected chi connectivity index (χ4v) is 3.95. The van der Waals surface area contributed by atoms with Crippen LogP contribution in [0.4, 0.5) is 0 Å². The number of methoxy groups -OCH3 is 1. The lowest BCUT2D eigenvalue weighted by molar-refractivity contribution is 0.391. The first-order valence-electron chi connectivity index (χ1n) is 6.94. The number of imidazole rings is 1. The van der Waals surface area contributed by atoms with Crippen molar-refractivity contribution in [3.05, 3.63) is 17.3 Å². The van der Waals surface area contributed by atoms with Gasteiger partial charge >= 0.3 is 0 Å². The van der Waals surface area contributed by atoms with E-state index in [1.54, 1.807) is 18.4 Å². The number of hydrogen-bond acceptors (Lipinski definition) is 5. The molecule has 6 heteroatoms. The highest BCUT2D eigenvalue weighted by atomic mass is 32.2. The van der Waals surface area contributed by atoms with Crippen molar-refractivity contribution in [2.75, 3.05) is 19.9 Å². The molecule has 4 nitrogen and oxygen atoms in total. The summed E-state index contributed by atoms with van der Waals surface area (Å²) in [7, 11) is 1.68. The Bertz CT molecular complexity index is 537. The number of thioether (sulfide) groups is 1. The van der Waals surface area contributed by atoms with E-state index in [0.29, 0.717) is 4.75 Å². The summed E-state index contributed by atoms with van der Waals surface area (Å²) >= 11 is 3.59. The average Bonchev–Trinajstić information content (AvgIpc) is 3.05. The van der Waals surface area contributed by atoms with Gasteiger partial charge in [-0.2, -0.15) is 16.7 Å². The molecule has 112 valence electrons. The Balaban J connectivity index is 2.07. The van der Waals surface area contributed by atoms with Crippen molar-refractivity contribution in [2.45, 2.75) is 38.0 Å². The summed E-state index contributed by atoms with van der Waals surface area (Å²) < 4.78 is 7.81. The van der Waals surface area contributed by atoms with Crippen molar-refractivity contribution in [3.63, 3.8) is 0 Å². The minimum Gasteiger partial charge on any atom is -0.480 e. The molecule has 0 aromatic carbocycles. The van der Waals surface area contributed by atoms with Crippen LogP contribution in [-0.4, -0.2) is 34.0 Å². The number of rotatable bonds is 8. The molecule has 20 heavy (non-hydrogen) atoms. The van der Waals surface area contributed by atoms with Gasteiger partial charge in [0.05, 0.1) is 7.11 Å². The highest BCUT2D eigenvalue weighted by molar-refractivity contribution is 8.00. The lowest BCUT2D eigenvalue weighted by Crippen LogP contribution is -2.36. The minimum atomic E-state index is 0.325. The van der Waals surface area contributed by atoms with Crippen molar-refractivity contribution >= 4 is 28.1 Å². The van der Waals surface area contributed by atoms with Crippen LogP contribution in [0, 0.1) is 0 Å². The van der Waals surface area contributed by atoms with Crippen LogP contribution < -0.4 is 10.1 Å². The highest BCUT2D eigenvalue weighted by Gasteiger charge is 2.24. The predicted octanol–water partition coefficient (Wildman–Crippen LogP) is 3.42. The van der Waals surface area contributed by atoms with Crippen LogP contribution in [-0.2, 0) is 6.54 Å². The maximum absolute atomic E-state index is 5.38. The number of thiazole rings is 1. The fraction of sp³-hybridized carbons (Fsp3) is 0.643. The molecule has 1 N–H and O–H groups in total. The molecule has 2 aromatic heterocycles. The molecule has 0 spiro atoms. The van der Waals surface area contributed by atoms with Gasteiger partial charge in [-0.05, 0) is 19.1 Å². The molecule has 0 radical (unpaired) electrons. The van der Waals surface area contributed by atoms with E-state index in [2.05, 4.69) is 40.2 Å². The third-order valence-corrected chi connectivity index (χ3v) is 6.32. The second-order valence-electron chi connectivity index (χ2n) is 4.82. The highest BCUT2D eigenvalue weighted by Crippen LogP contribution is 2.30. The van der Waals surface area contributed by atoms with E-state index in [-0.39, 0.29) is 0 Å². The molecule has 0 unspecified atom stereocenters. The standard InChI is InChI=1S/C14H23N3OS2/c1-5-14(6-2,19-4)10-15-9-11-12(18-3)16-13-17(11)7-8-20-13/h7-8,15H,5-6,9-10H2,1-4H3. The van der Waals surface area contributed by atoms with E-state index >= 15 is 0 Å². The van der Waals surface area contributed by atoms with Gasteiger partial charge in [-0.3, -0.25) is 4.40 Å². The van der Waals surface area contributed by atoms with Crippen LogP contribution in [0.2, 0.25) is 0 Å². The first kappa shape index (κ1) is 15.7. The van der Waals surface area contributed by atoms with E-state index in [9.17, 15) is 0 Å². The Hall–Kier alpha value is -0.720. The van der Waals surface area contributed by atoms with E-state index in [0.717, 1.165) is 29.6 Å². The van der Waals surface area contributed by atoms with Crippen LogP contribution in [0.15, 0.2) is 11.6 Å².